The maximum atomic E-state index is 13.7. The van der Waals surface area contributed by atoms with Gasteiger partial charge in [-0.25, -0.2) is 19.4 Å². The van der Waals surface area contributed by atoms with Crippen LogP contribution in [0.4, 0.5) is 15.3 Å². The molecule has 0 saturated carbocycles. The summed E-state index contributed by atoms with van der Waals surface area (Å²) in [5, 5.41) is 23.5. The number of cyclic esters (lactones) is 1. The molecule has 2 aliphatic heterocycles. The standard InChI is InChI=1S/C48H53N7O10/c1-5-32-33-22-31(18-19-37(33)53-41-34(32)24-55-40(41)23-36-35(44(55)58)26-63-45(59)48(36,62)6-2)65-47(61)64-25-29-14-16-30(17-15-29)52-42(56)38(13-10-20-50-46(49)60)54-43(57)39(51-27(3)4)21-28-11-8-7-9-12-28/h7-9,11-12,14-19,22-23,27,38-39,51,62H,5-6,10,13,20-21,24-26H2,1-4H3,(H,52,56)(H,54,57)(H3,49,50,60)/t38-,39-,48-/m0/s1. The molecule has 7 rings (SSSR count). The van der Waals surface area contributed by atoms with Crippen molar-refractivity contribution in [2.24, 2.45) is 5.73 Å². The van der Waals surface area contributed by atoms with Gasteiger partial charge in [-0.2, -0.15) is 0 Å². The molecule has 2 aliphatic rings. The fourth-order valence-corrected chi connectivity index (χ4v) is 8.33. The minimum absolute atomic E-state index is 0.00213. The van der Waals surface area contributed by atoms with Crippen LogP contribution in [0, 0.1) is 0 Å². The van der Waals surface area contributed by atoms with Crippen LogP contribution in [0.15, 0.2) is 83.7 Å². The van der Waals surface area contributed by atoms with Crippen LogP contribution < -0.4 is 37.3 Å². The molecule has 65 heavy (non-hydrogen) atoms. The lowest BCUT2D eigenvalue weighted by atomic mass is 9.86. The molecule has 3 atom stereocenters. The van der Waals surface area contributed by atoms with Crippen LogP contribution in [0.3, 0.4) is 0 Å². The highest BCUT2D eigenvalue weighted by atomic mass is 16.7. The third-order valence-electron chi connectivity index (χ3n) is 11.6. The number of amides is 4. The summed E-state index contributed by atoms with van der Waals surface area (Å²) in [6.07, 6.45) is 0.681. The number of hydrogen-bond acceptors (Lipinski definition) is 12. The second kappa shape index (κ2) is 19.7. The Bertz CT molecular complexity index is 2690. The van der Waals surface area contributed by atoms with E-state index in [1.54, 1.807) is 60.0 Å². The fourth-order valence-electron chi connectivity index (χ4n) is 8.33. The molecule has 0 unspecified atom stereocenters. The molecule has 2 aromatic heterocycles. The summed E-state index contributed by atoms with van der Waals surface area (Å²) >= 11 is 0. The van der Waals surface area contributed by atoms with Crippen molar-refractivity contribution < 1.29 is 43.3 Å². The number of anilines is 1. The van der Waals surface area contributed by atoms with Gasteiger partial charge in [0.15, 0.2) is 5.60 Å². The van der Waals surface area contributed by atoms with E-state index in [4.69, 9.17) is 24.9 Å². The first-order valence-corrected chi connectivity index (χ1v) is 21.7. The maximum absolute atomic E-state index is 13.7. The summed E-state index contributed by atoms with van der Waals surface area (Å²) < 4.78 is 17.8. The Morgan fingerprint density at radius 1 is 0.938 bits per heavy atom. The molecule has 0 spiro atoms. The molecule has 17 nitrogen and oxygen atoms in total. The zero-order valence-electron chi connectivity index (χ0n) is 36.7. The van der Waals surface area contributed by atoms with Crippen molar-refractivity contribution in [1.82, 2.24) is 25.5 Å². The number of carbonyl (C=O) groups excluding carboxylic acids is 5. The molecule has 5 aromatic rings. The summed E-state index contributed by atoms with van der Waals surface area (Å²) in [5.41, 5.74) is 8.82. The van der Waals surface area contributed by atoms with Crippen LogP contribution in [0.5, 0.6) is 5.75 Å². The van der Waals surface area contributed by atoms with Gasteiger partial charge in [0, 0.05) is 34.8 Å². The van der Waals surface area contributed by atoms with E-state index in [-0.39, 0.29) is 73.5 Å². The van der Waals surface area contributed by atoms with Crippen molar-refractivity contribution in [3.63, 3.8) is 0 Å². The van der Waals surface area contributed by atoms with Crippen LogP contribution in [0.25, 0.3) is 22.3 Å². The summed E-state index contributed by atoms with van der Waals surface area (Å²) in [6, 6.07) is 20.7. The van der Waals surface area contributed by atoms with Crippen molar-refractivity contribution in [1.29, 1.82) is 0 Å². The third kappa shape index (κ3) is 10.2. The van der Waals surface area contributed by atoms with E-state index in [9.17, 15) is 33.9 Å². The monoisotopic (exact) mass is 887 g/mol. The van der Waals surface area contributed by atoms with Crippen LogP contribution in [-0.2, 0) is 62.1 Å². The third-order valence-corrected chi connectivity index (χ3v) is 11.6. The first-order valence-electron chi connectivity index (χ1n) is 21.7. The summed E-state index contributed by atoms with van der Waals surface area (Å²) in [7, 11) is 0. The number of rotatable bonds is 17. The number of benzene rings is 3. The highest BCUT2D eigenvalue weighted by molar-refractivity contribution is 5.98. The number of aryl methyl sites for hydroxylation is 1. The van der Waals surface area contributed by atoms with E-state index in [0.717, 1.165) is 22.1 Å². The van der Waals surface area contributed by atoms with Gasteiger partial charge in [0.1, 0.15) is 25.0 Å². The Morgan fingerprint density at radius 2 is 1.69 bits per heavy atom. The van der Waals surface area contributed by atoms with Crippen molar-refractivity contribution in [2.75, 3.05) is 11.9 Å². The lowest BCUT2D eigenvalue weighted by Crippen LogP contribution is -2.53. The predicted octanol–water partition coefficient (Wildman–Crippen LogP) is 4.84. The van der Waals surface area contributed by atoms with Gasteiger partial charge in [-0.3, -0.25) is 14.4 Å². The van der Waals surface area contributed by atoms with Crippen LogP contribution >= 0.6 is 0 Å². The molecule has 340 valence electrons. The van der Waals surface area contributed by atoms with Gasteiger partial charge in [-0.1, -0.05) is 70.2 Å². The first-order chi connectivity index (χ1) is 31.2. The Morgan fingerprint density at radius 3 is 2.38 bits per heavy atom. The van der Waals surface area contributed by atoms with E-state index < -0.39 is 41.7 Å². The highest BCUT2D eigenvalue weighted by Gasteiger charge is 2.45. The normalized spacial score (nSPS) is 15.8. The topological polar surface area (TPSA) is 242 Å². The molecule has 0 aliphatic carbocycles. The quantitative estimate of drug-likeness (QED) is 0.0410. The van der Waals surface area contributed by atoms with Gasteiger partial charge in [0.05, 0.1) is 35.1 Å². The number of nitrogens with zero attached hydrogens (tertiary/aromatic N) is 2. The molecule has 7 N–H and O–H groups in total. The molecule has 0 saturated heterocycles. The van der Waals surface area contributed by atoms with Gasteiger partial charge in [0.2, 0.25) is 11.8 Å². The number of ether oxygens (including phenoxy) is 3. The number of nitrogens with two attached hydrogens (primary N) is 1. The summed E-state index contributed by atoms with van der Waals surface area (Å²) in [4.78, 5) is 82.5. The minimum atomic E-state index is -1.93. The van der Waals surface area contributed by atoms with E-state index in [1.165, 1.54) is 0 Å². The maximum Gasteiger partial charge on any atom is 0.514 e. The molecule has 4 amide bonds. The van der Waals surface area contributed by atoms with E-state index in [1.807, 2.05) is 51.1 Å². The number of urea groups is 1. The highest BCUT2D eigenvalue weighted by Crippen LogP contribution is 2.41. The number of pyridine rings is 2. The molecule has 17 heteroatoms. The largest absolute Gasteiger partial charge is 0.514 e. The second-order valence-corrected chi connectivity index (χ2v) is 16.4. The smallest absolute Gasteiger partial charge is 0.458 e. The van der Waals surface area contributed by atoms with Crippen molar-refractivity contribution in [3.05, 3.63) is 123 Å². The average molecular weight is 888 g/mol. The molecule has 4 heterocycles. The zero-order chi connectivity index (χ0) is 46.4. The Labute approximate surface area is 375 Å². The number of aliphatic hydroxyl groups is 1. The van der Waals surface area contributed by atoms with E-state index in [0.29, 0.717) is 47.4 Å². The van der Waals surface area contributed by atoms with Gasteiger partial charge < -0.3 is 50.9 Å². The van der Waals surface area contributed by atoms with Crippen molar-refractivity contribution in [3.8, 4) is 17.1 Å². The van der Waals surface area contributed by atoms with Crippen molar-refractivity contribution in [2.45, 2.75) is 103 Å². The Kier molecular flexibility index (Phi) is 13.9. The fraction of sp³-hybridized carbons (Fsp3) is 0.354. The van der Waals surface area contributed by atoms with Crippen LogP contribution in [0.1, 0.15) is 80.3 Å². The van der Waals surface area contributed by atoms with Crippen LogP contribution in [0.2, 0.25) is 0 Å². The summed E-state index contributed by atoms with van der Waals surface area (Å²) in [5.74, 6) is -1.36. The molecule has 3 aromatic carbocycles. The Hall–Kier alpha value is -7.11. The van der Waals surface area contributed by atoms with Gasteiger partial charge in [0.25, 0.3) is 5.56 Å². The molecular weight excluding hydrogens is 835 g/mol. The molecule has 0 fully saturated rings. The SMILES string of the molecule is CCc1c2c(nc3ccc(OC(=O)OCc4ccc(NC(=O)[C@H](CCCNC(N)=O)NC(=O)[C@H](Cc5ccccc5)NC(C)C)cc4)cc13)-c1cc3c(c(=O)n1C2)COC(=O)[C@]3(O)CC. The number of hydrogen-bond donors (Lipinski definition) is 6. The number of primary amides is 1. The predicted molar refractivity (Wildman–Crippen MR) is 241 cm³/mol. The lowest BCUT2D eigenvalue weighted by molar-refractivity contribution is -0.172. The van der Waals surface area contributed by atoms with E-state index in [2.05, 4.69) is 21.3 Å². The summed E-state index contributed by atoms with van der Waals surface area (Å²) in [6.45, 7) is 7.61. The number of nitrogens with one attached hydrogen (secondary N) is 4. The number of carbonyl (C=O) groups is 5. The van der Waals surface area contributed by atoms with Gasteiger partial charge in [-0.15, -0.1) is 0 Å². The number of aromatic nitrogens is 2. The van der Waals surface area contributed by atoms with Crippen molar-refractivity contribution >= 4 is 46.6 Å². The lowest BCUT2D eigenvalue weighted by Gasteiger charge is -2.31. The number of esters is 1. The minimum Gasteiger partial charge on any atom is -0.458 e. The van der Waals surface area contributed by atoms with Gasteiger partial charge >= 0.3 is 18.2 Å². The molecular formula is C48H53N7O10. The van der Waals surface area contributed by atoms with Crippen LogP contribution in [-0.4, -0.2) is 69.3 Å². The zero-order valence-corrected chi connectivity index (χ0v) is 36.7. The average Bonchev–Trinajstić information content (AvgIpc) is 3.65. The Balaban J connectivity index is 0.987. The molecule has 0 radical (unpaired) electrons. The molecule has 0 bridgehead atoms. The van der Waals surface area contributed by atoms with E-state index >= 15 is 0 Å². The first kappa shape index (κ1) is 45.9. The number of fused-ring (bicyclic) bond motifs is 5. The second-order valence-electron chi connectivity index (χ2n) is 16.4. The van der Waals surface area contributed by atoms with Gasteiger partial charge in [-0.05, 0) is 85.2 Å².